The van der Waals surface area contributed by atoms with E-state index in [4.69, 9.17) is 5.73 Å². The van der Waals surface area contributed by atoms with Crippen LogP contribution in [0.15, 0.2) is 24.3 Å². The van der Waals surface area contributed by atoms with E-state index in [-0.39, 0.29) is 18.3 Å². The van der Waals surface area contributed by atoms with E-state index in [0.29, 0.717) is 18.5 Å². The Labute approximate surface area is 131 Å². The molecule has 112 valence electrons. The maximum Gasteiger partial charge on any atom is 0.254 e. The maximum atomic E-state index is 12.5. The molecular formula is C15H23ClN2OS. The summed E-state index contributed by atoms with van der Waals surface area (Å²) in [6.45, 7) is 3.57. The number of rotatable bonds is 4. The van der Waals surface area contributed by atoms with Crippen LogP contribution in [0, 0.1) is 5.92 Å². The molecule has 1 aliphatic heterocycles. The summed E-state index contributed by atoms with van der Waals surface area (Å²) in [6.07, 6.45) is 3.10. The lowest BCUT2D eigenvalue weighted by molar-refractivity contribution is 0.0743. The van der Waals surface area contributed by atoms with E-state index in [0.717, 1.165) is 24.3 Å². The first kappa shape index (κ1) is 17.3. The highest BCUT2D eigenvalue weighted by molar-refractivity contribution is 7.97. The summed E-state index contributed by atoms with van der Waals surface area (Å²) in [5.41, 5.74) is 7.76. The normalized spacial score (nSPS) is 21.6. The van der Waals surface area contributed by atoms with Crippen molar-refractivity contribution in [2.75, 3.05) is 19.3 Å². The molecule has 3 nitrogen and oxygen atoms in total. The number of nitrogens with two attached hydrogens (primary N) is 1. The molecule has 1 aliphatic rings. The van der Waals surface area contributed by atoms with Crippen molar-refractivity contribution in [1.29, 1.82) is 0 Å². The summed E-state index contributed by atoms with van der Waals surface area (Å²) in [6, 6.07) is 8.27. The molecule has 1 heterocycles. The Balaban J connectivity index is 0.00000200. The average molecular weight is 315 g/mol. The van der Waals surface area contributed by atoms with E-state index in [1.165, 1.54) is 5.56 Å². The average Bonchev–Trinajstić information content (AvgIpc) is 2.80. The number of carbonyl (C=O) groups is 1. The van der Waals surface area contributed by atoms with E-state index < -0.39 is 0 Å². The Kier molecular flexibility index (Phi) is 6.86. The summed E-state index contributed by atoms with van der Waals surface area (Å²) < 4.78 is 0. The van der Waals surface area contributed by atoms with E-state index in [9.17, 15) is 4.79 Å². The fourth-order valence-electron chi connectivity index (χ4n) is 2.67. The topological polar surface area (TPSA) is 46.3 Å². The van der Waals surface area contributed by atoms with Crippen LogP contribution in [0.4, 0.5) is 0 Å². The zero-order chi connectivity index (χ0) is 13.8. The first-order chi connectivity index (χ1) is 9.15. The van der Waals surface area contributed by atoms with Crippen molar-refractivity contribution in [2.24, 2.45) is 11.7 Å². The van der Waals surface area contributed by atoms with Crippen LogP contribution in [-0.4, -0.2) is 36.2 Å². The molecular weight excluding hydrogens is 292 g/mol. The van der Waals surface area contributed by atoms with Gasteiger partial charge in [-0.3, -0.25) is 4.79 Å². The van der Waals surface area contributed by atoms with Crippen LogP contribution in [0.2, 0.25) is 0 Å². The summed E-state index contributed by atoms with van der Waals surface area (Å²) in [7, 11) is 0. The predicted octanol–water partition coefficient (Wildman–Crippen LogP) is 2.78. The second kappa shape index (κ2) is 7.91. The molecule has 20 heavy (non-hydrogen) atoms. The van der Waals surface area contributed by atoms with Crippen molar-refractivity contribution in [2.45, 2.75) is 25.1 Å². The number of likely N-dealkylation sites (tertiary alicyclic amines) is 1. The summed E-state index contributed by atoms with van der Waals surface area (Å²) in [4.78, 5) is 14.4. The first-order valence-corrected chi connectivity index (χ1v) is 8.14. The lowest BCUT2D eigenvalue weighted by atomic mass is 10.1. The molecule has 0 aromatic heterocycles. The van der Waals surface area contributed by atoms with Gasteiger partial charge in [-0.1, -0.05) is 12.1 Å². The molecule has 0 aliphatic carbocycles. The van der Waals surface area contributed by atoms with Crippen LogP contribution in [0.1, 0.15) is 29.3 Å². The Morgan fingerprint density at radius 1 is 1.40 bits per heavy atom. The molecule has 1 fully saturated rings. The third-order valence-corrected chi connectivity index (χ3v) is 4.39. The number of thioether (sulfide) groups is 1. The number of amides is 1. The molecule has 2 N–H and O–H groups in total. The molecule has 1 saturated heterocycles. The van der Waals surface area contributed by atoms with Gasteiger partial charge in [0.2, 0.25) is 0 Å². The minimum atomic E-state index is 0. The highest BCUT2D eigenvalue weighted by Crippen LogP contribution is 2.24. The third-order valence-electron chi connectivity index (χ3n) is 3.77. The number of hydrogen-bond acceptors (Lipinski definition) is 3. The van der Waals surface area contributed by atoms with Gasteiger partial charge in [0.1, 0.15) is 0 Å². The maximum absolute atomic E-state index is 12.5. The van der Waals surface area contributed by atoms with E-state index in [2.05, 4.69) is 13.2 Å². The van der Waals surface area contributed by atoms with Gasteiger partial charge in [-0.2, -0.15) is 11.8 Å². The number of hydrogen-bond donors (Lipinski definition) is 1. The van der Waals surface area contributed by atoms with Gasteiger partial charge in [0.25, 0.3) is 5.91 Å². The van der Waals surface area contributed by atoms with Gasteiger partial charge in [0, 0.05) is 23.9 Å². The van der Waals surface area contributed by atoms with Gasteiger partial charge < -0.3 is 10.6 Å². The number of benzene rings is 1. The Hall–Kier alpha value is -0.710. The standard InChI is InChI=1S/C15H22N2OS.ClH/c1-11-7-13(8-16)9-17(11)15(18)14-5-3-12(4-6-14)10-19-2;/h3-6,11,13H,7-10,16H2,1-2H3;1H. The van der Waals surface area contributed by atoms with Crippen molar-refractivity contribution in [3.8, 4) is 0 Å². The second-order valence-corrected chi connectivity index (χ2v) is 6.14. The van der Waals surface area contributed by atoms with Crippen LogP contribution < -0.4 is 5.73 Å². The molecule has 0 spiro atoms. The van der Waals surface area contributed by atoms with Crippen LogP contribution in [0.5, 0.6) is 0 Å². The fraction of sp³-hybridized carbons (Fsp3) is 0.533. The van der Waals surface area contributed by atoms with E-state index in [1.54, 1.807) is 11.8 Å². The molecule has 1 amide bonds. The summed E-state index contributed by atoms with van der Waals surface area (Å²) >= 11 is 1.79. The smallest absolute Gasteiger partial charge is 0.254 e. The minimum Gasteiger partial charge on any atom is -0.336 e. The second-order valence-electron chi connectivity index (χ2n) is 5.27. The van der Waals surface area contributed by atoms with Crippen molar-refractivity contribution in [3.63, 3.8) is 0 Å². The minimum absolute atomic E-state index is 0. The highest BCUT2D eigenvalue weighted by atomic mass is 35.5. The third kappa shape index (κ3) is 3.90. The molecule has 5 heteroatoms. The van der Waals surface area contributed by atoms with Gasteiger partial charge in [0.05, 0.1) is 0 Å². The highest BCUT2D eigenvalue weighted by Gasteiger charge is 2.31. The first-order valence-electron chi connectivity index (χ1n) is 6.74. The number of nitrogens with zero attached hydrogens (tertiary/aromatic N) is 1. The molecule has 0 saturated carbocycles. The van der Waals surface area contributed by atoms with Crippen LogP contribution in [0.25, 0.3) is 0 Å². The monoisotopic (exact) mass is 314 g/mol. The van der Waals surface area contributed by atoms with Crippen molar-refractivity contribution < 1.29 is 4.79 Å². The van der Waals surface area contributed by atoms with Crippen LogP contribution in [0.3, 0.4) is 0 Å². The summed E-state index contributed by atoms with van der Waals surface area (Å²) in [5.74, 6) is 1.58. The van der Waals surface area contributed by atoms with Gasteiger partial charge in [-0.05, 0) is 49.8 Å². The zero-order valence-electron chi connectivity index (χ0n) is 12.0. The van der Waals surface area contributed by atoms with Gasteiger partial charge in [-0.25, -0.2) is 0 Å². The quantitative estimate of drug-likeness (QED) is 0.929. The largest absolute Gasteiger partial charge is 0.336 e. The lowest BCUT2D eigenvalue weighted by Crippen LogP contribution is -2.34. The number of halogens is 1. The van der Waals surface area contributed by atoms with Crippen LogP contribution in [-0.2, 0) is 5.75 Å². The SMILES string of the molecule is CSCc1ccc(C(=O)N2CC(CN)CC2C)cc1.Cl. The molecule has 0 bridgehead atoms. The zero-order valence-corrected chi connectivity index (χ0v) is 13.7. The van der Waals surface area contributed by atoms with Gasteiger partial charge >= 0.3 is 0 Å². The molecule has 2 rings (SSSR count). The Bertz CT molecular complexity index is 438. The molecule has 2 atom stereocenters. The van der Waals surface area contributed by atoms with Gasteiger partial charge in [0.15, 0.2) is 0 Å². The van der Waals surface area contributed by atoms with Crippen LogP contribution >= 0.6 is 24.2 Å². The Morgan fingerprint density at radius 3 is 2.55 bits per heavy atom. The molecule has 1 aromatic carbocycles. The fourth-order valence-corrected chi connectivity index (χ4v) is 3.20. The van der Waals surface area contributed by atoms with E-state index >= 15 is 0 Å². The lowest BCUT2D eigenvalue weighted by Gasteiger charge is -2.21. The number of carbonyl (C=O) groups excluding carboxylic acids is 1. The van der Waals surface area contributed by atoms with Crippen molar-refractivity contribution in [3.05, 3.63) is 35.4 Å². The predicted molar refractivity (Wildman–Crippen MR) is 88.6 cm³/mol. The molecule has 0 radical (unpaired) electrons. The van der Waals surface area contributed by atoms with E-state index in [1.807, 2.05) is 29.2 Å². The van der Waals surface area contributed by atoms with Crippen molar-refractivity contribution in [1.82, 2.24) is 4.90 Å². The molecule has 2 unspecified atom stereocenters. The van der Waals surface area contributed by atoms with Gasteiger partial charge in [-0.15, -0.1) is 12.4 Å². The Morgan fingerprint density at radius 2 is 2.05 bits per heavy atom. The molecule has 1 aromatic rings. The summed E-state index contributed by atoms with van der Waals surface area (Å²) in [5, 5.41) is 0. The van der Waals surface area contributed by atoms with Crippen molar-refractivity contribution >= 4 is 30.1 Å².